The molecule has 0 radical (unpaired) electrons. The van der Waals surface area contributed by atoms with Crippen molar-refractivity contribution in [2.24, 2.45) is 0 Å². The Morgan fingerprint density at radius 1 is 1.18 bits per heavy atom. The molecule has 0 aromatic heterocycles. The first-order valence-electron chi connectivity index (χ1n) is 5.77. The van der Waals surface area contributed by atoms with Gasteiger partial charge in [0, 0.05) is 12.8 Å². The van der Waals surface area contributed by atoms with Crippen molar-refractivity contribution >= 4 is 9.84 Å². The van der Waals surface area contributed by atoms with E-state index in [2.05, 4.69) is 17.4 Å². The summed E-state index contributed by atoms with van der Waals surface area (Å²) in [4.78, 5) is 0. The predicted molar refractivity (Wildman–Crippen MR) is 71.9 cm³/mol. The third kappa shape index (κ3) is 4.48. The molecule has 0 heterocycles. The zero-order valence-electron chi connectivity index (χ0n) is 10.7. The SMILES string of the molecule is CC(C)(CNCCc1ccccc1)S(C)(=O)=O. The van der Waals surface area contributed by atoms with Crippen LogP contribution in [0.2, 0.25) is 0 Å². The molecule has 1 N–H and O–H groups in total. The van der Waals surface area contributed by atoms with E-state index in [1.165, 1.54) is 11.8 Å². The molecule has 1 aromatic rings. The summed E-state index contributed by atoms with van der Waals surface area (Å²) >= 11 is 0. The average molecular weight is 255 g/mol. The van der Waals surface area contributed by atoms with E-state index < -0.39 is 14.6 Å². The van der Waals surface area contributed by atoms with Gasteiger partial charge in [0.15, 0.2) is 9.84 Å². The predicted octanol–water partition coefficient (Wildman–Crippen LogP) is 1.64. The second kappa shape index (κ2) is 5.65. The Kier molecular flexibility index (Phi) is 4.71. The molecule has 0 saturated carbocycles. The van der Waals surface area contributed by atoms with Gasteiger partial charge in [-0.15, -0.1) is 0 Å². The van der Waals surface area contributed by atoms with Gasteiger partial charge in [0.25, 0.3) is 0 Å². The molecule has 1 rings (SSSR count). The first kappa shape index (κ1) is 14.2. The highest BCUT2D eigenvalue weighted by atomic mass is 32.2. The van der Waals surface area contributed by atoms with Crippen LogP contribution in [-0.2, 0) is 16.3 Å². The maximum absolute atomic E-state index is 11.5. The lowest BCUT2D eigenvalue weighted by Crippen LogP contribution is -2.42. The van der Waals surface area contributed by atoms with Crippen LogP contribution in [0.15, 0.2) is 30.3 Å². The zero-order chi connectivity index (χ0) is 12.9. The third-order valence-corrected chi connectivity index (χ3v) is 5.14. The van der Waals surface area contributed by atoms with Crippen molar-refractivity contribution in [3.8, 4) is 0 Å². The van der Waals surface area contributed by atoms with Gasteiger partial charge in [0.1, 0.15) is 0 Å². The van der Waals surface area contributed by atoms with Gasteiger partial charge >= 0.3 is 0 Å². The van der Waals surface area contributed by atoms with Crippen LogP contribution < -0.4 is 5.32 Å². The Balaban J connectivity index is 2.35. The summed E-state index contributed by atoms with van der Waals surface area (Å²) in [6.07, 6.45) is 2.20. The first-order valence-corrected chi connectivity index (χ1v) is 7.66. The van der Waals surface area contributed by atoms with Crippen LogP contribution in [0.5, 0.6) is 0 Å². The summed E-state index contributed by atoms with van der Waals surface area (Å²) in [6.45, 7) is 4.78. The maximum atomic E-state index is 11.5. The molecule has 0 aliphatic heterocycles. The Bertz CT molecular complexity index is 438. The summed E-state index contributed by atoms with van der Waals surface area (Å²) in [7, 11) is -3.01. The van der Waals surface area contributed by atoms with Crippen LogP contribution in [0, 0.1) is 0 Å². The van der Waals surface area contributed by atoms with Gasteiger partial charge in [-0.25, -0.2) is 8.42 Å². The fourth-order valence-corrected chi connectivity index (χ4v) is 1.76. The zero-order valence-corrected chi connectivity index (χ0v) is 11.5. The van der Waals surface area contributed by atoms with Crippen LogP contribution in [0.3, 0.4) is 0 Å². The molecule has 17 heavy (non-hydrogen) atoms. The van der Waals surface area contributed by atoms with E-state index in [-0.39, 0.29) is 0 Å². The topological polar surface area (TPSA) is 46.2 Å². The minimum Gasteiger partial charge on any atom is -0.315 e. The molecular formula is C13H21NO2S. The monoisotopic (exact) mass is 255 g/mol. The molecule has 0 bridgehead atoms. The van der Waals surface area contributed by atoms with Crippen molar-refractivity contribution in [1.29, 1.82) is 0 Å². The van der Waals surface area contributed by atoms with E-state index in [1.807, 2.05) is 18.2 Å². The van der Waals surface area contributed by atoms with Gasteiger partial charge in [0.2, 0.25) is 0 Å². The Morgan fingerprint density at radius 2 is 1.76 bits per heavy atom. The number of nitrogens with one attached hydrogen (secondary N) is 1. The number of benzene rings is 1. The second-order valence-corrected chi connectivity index (χ2v) is 7.59. The van der Waals surface area contributed by atoms with E-state index >= 15 is 0 Å². The summed E-state index contributed by atoms with van der Waals surface area (Å²) in [5.74, 6) is 0. The molecule has 0 amide bonds. The van der Waals surface area contributed by atoms with Crippen molar-refractivity contribution in [3.05, 3.63) is 35.9 Å². The van der Waals surface area contributed by atoms with Crippen LogP contribution in [-0.4, -0.2) is 32.5 Å². The van der Waals surface area contributed by atoms with E-state index in [0.29, 0.717) is 6.54 Å². The normalized spacial score (nSPS) is 12.6. The smallest absolute Gasteiger partial charge is 0.153 e. The van der Waals surface area contributed by atoms with Crippen molar-refractivity contribution in [2.45, 2.75) is 25.0 Å². The van der Waals surface area contributed by atoms with Crippen LogP contribution in [0.25, 0.3) is 0 Å². The number of rotatable bonds is 6. The summed E-state index contributed by atoms with van der Waals surface area (Å²) in [6, 6.07) is 10.2. The standard InChI is InChI=1S/C13H21NO2S/c1-13(2,17(3,15)16)11-14-10-9-12-7-5-4-6-8-12/h4-8,14H,9-11H2,1-3H3. The summed E-state index contributed by atoms with van der Waals surface area (Å²) in [5, 5.41) is 3.20. The first-order chi connectivity index (χ1) is 7.83. The lowest BCUT2D eigenvalue weighted by atomic mass is 10.1. The fourth-order valence-electron chi connectivity index (χ4n) is 1.40. The quantitative estimate of drug-likeness (QED) is 0.786. The van der Waals surface area contributed by atoms with Gasteiger partial charge < -0.3 is 5.32 Å². The minimum absolute atomic E-state index is 0.485. The van der Waals surface area contributed by atoms with Gasteiger partial charge in [-0.3, -0.25) is 0 Å². The Morgan fingerprint density at radius 3 is 2.29 bits per heavy atom. The Labute approximate surface area is 104 Å². The van der Waals surface area contributed by atoms with E-state index in [0.717, 1.165) is 13.0 Å². The van der Waals surface area contributed by atoms with E-state index in [1.54, 1.807) is 13.8 Å². The minimum atomic E-state index is -3.01. The summed E-state index contributed by atoms with van der Waals surface area (Å²) in [5.41, 5.74) is 1.26. The number of hydrogen-bond donors (Lipinski definition) is 1. The molecule has 0 aliphatic rings. The largest absolute Gasteiger partial charge is 0.315 e. The van der Waals surface area contributed by atoms with E-state index in [4.69, 9.17) is 0 Å². The molecule has 0 aliphatic carbocycles. The van der Waals surface area contributed by atoms with Gasteiger partial charge in [0.05, 0.1) is 4.75 Å². The molecule has 0 atom stereocenters. The molecule has 4 heteroatoms. The van der Waals surface area contributed by atoms with Crippen molar-refractivity contribution < 1.29 is 8.42 Å². The molecule has 3 nitrogen and oxygen atoms in total. The fraction of sp³-hybridized carbons (Fsp3) is 0.538. The molecule has 1 aromatic carbocycles. The third-order valence-electron chi connectivity index (χ3n) is 2.99. The van der Waals surface area contributed by atoms with Crippen molar-refractivity contribution in [1.82, 2.24) is 5.32 Å². The lowest BCUT2D eigenvalue weighted by molar-refractivity contribution is 0.523. The Hall–Kier alpha value is -0.870. The molecule has 96 valence electrons. The molecule has 0 unspecified atom stereocenters. The lowest BCUT2D eigenvalue weighted by Gasteiger charge is -2.22. The van der Waals surface area contributed by atoms with Crippen molar-refractivity contribution in [3.63, 3.8) is 0 Å². The molecular weight excluding hydrogens is 234 g/mol. The van der Waals surface area contributed by atoms with Gasteiger partial charge in [-0.1, -0.05) is 30.3 Å². The van der Waals surface area contributed by atoms with Gasteiger partial charge in [-0.2, -0.15) is 0 Å². The second-order valence-electron chi connectivity index (χ2n) is 4.94. The maximum Gasteiger partial charge on any atom is 0.153 e. The molecule has 0 fully saturated rings. The highest BCUT2D eigenvalue weighted by Crippen LogP contribution is 2.13. The van der Waals surface area contributed by atoms with Crippen LogP contribution in [0.4, 0.5) is 0 Å². The number of sulfone groups is 1. The summed E-state index contributed by atoms with van der Waals surface area (Å²) < 4.78 is 22.2. The van der Waals surface area contributed by atoms with Crippen LogP contribution in [0.1, 0.15) is 19.4 Å². The average Bonchev–Trinajstić information content (AvgIpc) is 2.24. The van der Waals surface area contributed by atoms with Gasteiger partial charge in [-0.05, 0) is 32.4 Å². The van der Waals surface area contributed by atoms with E-state index in [9.17, 15) is 8.42 Å². The molecule has 0 saturated heterocycles. The number of hydrogen-bond acceptors (Lipinski definition) is 3. The molecule has 0 spiro atoms. The van der Waals surface area contributed by atoms with Crippen molar-refractivity contribution in [2.75, 3.05) is 19.3 Å². The highest BCUT2D eigenvalue weighted by Gasteiger charge is 2.29. The highest BCUT2D eigenvalue weighted by molar-refractivity contribution is 7.92. The van der Waals surface area contributed by atoms with Crippen LogP contribution >= 0.6 is 0 Å².